The zero-order valence-electron chi connectivity index (χ0n) is 18.3. The van der Waals surface area contributed by atoms with Crippen LogP contribution in [0.2, 0.25) is 0 Å². The molecule has 5 nitrogen and oxygen atoms in total. The van der Waals surface area contributed by atoms with Crippen LogP contribution in [0.25, 0.3) is 11.1 Å². The van der Waals surface area contributed by atoms with Crippen molar-refractivity contribution in [2.24, 2.45) is 5.92 Å². The lowest BCUT2D eigenvalue weighted by Crippen LogP contribution is -2.24. The topological polar surface area (TPSA) is 67.8 Å². The van der Waals surface area contributed by atoms with Gasteiger partial charge in [0, 0.05) is 5.56 Å². The number of carboxylic acid groups (broad SMARTS) is 1. The van der Waals surface area contributed by atoms with Gasteiger partial charge >= 0.3 is 5.97 Å². The number of anilines is 1. The van der Waals surface area contributed by atoms with Crippen molar-refractivity contribution in [1.29, 1.82) is 0 Å². The summed E-state index contributed by atoms with van der Waals surface area (Å²) in [5.41, 5.74) is 4.05. The minimum Gasteiger partial charge on any atom is -0.497 e. The van der Waals surface area contributed by atoms with Gasteiger partial charge in [-0.3, -0.25) is 4.79 Å². The van der Waals surface area contributed by atoms with Gasteiger partial charge in [0.25, 0.3) is 0 Å². The number of nitrogens with one attached hydrogen (secondary N) is 1. The third-order valence-corrected chi connectivity index (χ3v) is 6.20. The van der Waals surface area contributed by atoms with Crippen LogP contribution in [0.15, 0.2) is 60.7 Å². The van der Waals surface area contributed by atoms with Crippen molar-refractivity contribution in [1.82, 2.24) is 0 Å². The lowest BCUT2D eigenvalue weighted by atomic mass is 9.88. The van der Waals surface area contributed by atoms with Crippen molar-refractivity contribution >= 4 is 11.7 Å². The molecule has 166 valence electrons. The molecule has 1 aliphatic rings. The van der Waals surface area contributed by atoms with E-state index < -0.39 is 11.9 Å². The van der Waals surface area contributed by atoms with E-state index in [1.807, 2.05) is 49.4 Å². The number of carbonyl (C=O) groups is 1. The van der Waals surface area contributed by atoms with Gasteiger partial charge in [0.1, 0.15) is 23.9 Å². The maximum atomic E-state index is 14.3. The molecular formula is C26H26FNO4. The quantitative estimate of drug-likeness (QED) is 0.507. The molecule has 0 fully saturated rings. The molecule has 0 saturated carbocycles. The monoisotopic (exact) mass is 435 g/mol. The van der Waals surface area contributed by atoms with Crippen molar-refractivity contribution in [3.8, 4) is 22.6 Å². The zero-order valence-corrected chi connectivity index (χ0v) is 18.3. The average Bonchev–Trinajstić information content (AvgIpc) is 2.82. The van der Waals surface area contributed by atoms with Crippen LogP contribution in [0.3, 0.4) is 0 Å². The number of benzene rings is 3. The normalized spacial score (nSPS) is 16.8. The number of ether oxygens (including phenoxy) is 2. The molecule has 1 heterocycles. The lowest BCUT2D eigenvalue weighted by Gasteiger charge is -2.29. The summed E-state index contributed by atoms with van der Waals surface area (Å²) in [7, 11) is 1.56. The molecule has 0 amide bonds. The van der Waals surface area contributed by atoms with E-state index in [0.29, 0.717) is 17.9 Å². The summed E-state index contributed by atoms with van der Waals surface area (Å²) in [4.78, 5) is 11.4. The number of hydrogen-bond acceptors (Lipinski definition) is 4. The summed E-state index contributed by atoms with van der Waals surface area (Å²) in [6.07, 6.45) is 0. The van der Waals surface area contributed by atoms with Gasteiger partial charge in [0.2, 0.25) is 0 Å². The van der Waals surface area contributed by atoms with E-state index in [-0.39, 0.29) is 17.8 Å². The van der Waals surface area contributed by atoms with Gasteiger partial charge in [0.15, 0.2) is 0 Å². The van der Waals surface area contributed by atoms with E-state index in [1.54, 1.807) is 26.2 Å². The van der Waals surface area contributed by atoms with Crippen molar-refractivity contribution in [3.05, 3.63) is 77.6 Å². The van der Waals surface area contributed by atoms with Crippen LogP contribution >= 0.6 is 0 Å². The van der Waals surface area contributed by atoms with Crippen molar-refractivity contribution in [2.45, 2.75) is 25.8 Å². The van der Waals surface area contributed by atoms with E-state index in [4.69, 9.17) is 9.47 Å². The largest absolute Gasteiger partial charge is 0.497 e. The Kier molecular flexibility index (Phi) is 6.04. The van der Waals surface area contributed by atoms with Crippen LogP contribution in [-0.4, -0.2) is 24.8 Å². The van der Waals surface area contributed by atoms with Crippen LogP contribution < -0.4 is 14.8 Å². The Morgan fingerprint density at radius 2 is 1.88 bits per heavy atom. The van der Waals surface area contributed by atoms with Gasteiger partial charge in [0.05, 0.1) is 24.8 Å². The molecule has 2 N–H and O–H groups in total. The molecular weight excluding hydrogens is 409 g/mol. The van der Waals surface area contributed by atoms with E-state index >= 15 is 0 Å². The molecule has 32 heavy (non-hydrogen) atoms. The van der Waals surface area contributed by atoms with Crippen LogP contribution in [0.4, 0.5) is 10.1 Å². The fourth-order valence-corrected chi connectivity index (χ4v) is 3.90. The van der Waals surface area contributed by atoms with Gasteiger partial charge in [-0.1, -0.05) is 44.2 Å². The van der Waals surface area contributed by atoms with E-state index in [2.05, 4.69) is 5.32 Å². The standard InChI is InChI=1S/C26H26FNO4/c1-15(16(2)26(29)30)19-8-11-25-23(12-19)28-24(14-32-25)18-6-4-17(5-7-18)21-13-20(31-3)9-10-22(21)27/h4-13,15-16,24,28H,14H2,1-3H3,(H,29,30)/t15-,16+,24?/m1/s1. The molecule has 3 aromatic carbocycles. The Bertz CT molecular complexity index is 1130. The minimum absolute atomic E-state index is 0.0749. The second-order valence-corrected chi connectivity index (χ2v) is 8.15. The number of rotatable bonds is 6. The third-order valence-electron chi connectivity index (χ3n) is 6.20. The molecule has 0 aromatic heterocycles. The summed E-state index contributed by atoms with van der Waals surface area (Å²) >= 11 is 0. The summed E-state index contributed by atoms with van der Waals surface area (Å²) in [5, 5.41) is 12.8. The Hall–Kier alpha value is -3.54. The highest BCUT2D eigenvalue weighted by molar-refractivity contribution is 5.71. The Morgan fingerprint density at radius 3 is 2.56 bits per heavy atom. The highest BCUT2D eigenvalue weighted by Gasteiger charge is 2.25. The van der Waals surface area contributed by atoms with Crippen LogP contribution in [0.5, 0.6) is 11.5 Å². The number of fused-ring (bicyclic) bond motifs is 1. The first kappa shape index (κ1) is 21.7. The first-order valence-electron chi connectivity index (χ1n) is 10.6. The van der Waals surface area contributed by atoms with Crippen LogP contribution in [0.1, 0.15) is 36.9 Å². The Labute approximate surface area is 186 Å². The molecule has 6 heteroatoms. The predicted octanol–water partition coefficient (Wildman–Crippen LogP) is 5.87. The molecule has 1 aliphatic heterocycles. The number of hydrogen-bond donors (Lipinski definition) is 2. The van der Waals surface area contributed by atoms with Crippen molar-refractivity contribution in [3.63, 3.8) is 0 Å². The number of methoxy groups -OCH3 is 1. The molecule has 3 aromatic rings. The second-order valence-electron chi connectivity index (χ2n) is 8.15. The molecule has 0 aliphatic carbocycles. The highest BCUT2D eigenvalue weighted by Crippen LogP contribution is 2.38. The molecule has 0 saturated heterocycles. The Morgan fingerprint density at radius 1 is 1.12 bits per heavy atom. The average molecular weight is 435 g/mol. The first-order valence-corrected chi connectivity index (χ1v) is 10.6. The number of halogens is 1. The summed E-state index contributed by atoms with van der Waals surface area (Å²) in [6, 6.07) is 18.1. The van der Waals surface area contributed by atoms with E-state index in [0.717, 1.165) is 28.1 Å². The van der Waals surface area contributed by atoms with Gasteiger partial charge < -0.3 is 19.9 Å². The SMILES string of the molecule is COc1ccc(F)c(-c2ccc(C3COc4ccc([C@H](C)[C@H](C)C(=O)O)cc4N3)cc2)c1. The fourth-order valence-electron chi connectivity index (χ4n) is 3.90. The van der Waals surface area contributed by atoms with Crippen LogP contribution in [-0.2, 0) is 4.79 Å². The van der Waals surface area contributed by atoms with E-state index in [9.17, 15) is 14.3 Å². The second kappa shape index (κ2) is 8.91. The summed E-state index contributed by atoms with van der Waals surface area (Å²) in [5.74, 6) is -0.384. The maximum absolute atomic E-state index is 14.3. The molecule has 1 unspecified atom stereocenters. The molecule has 3 atom stereocenters. The first-order chi connectivity index (χ1) is 15.4. The fraction of sp³-hybridized carbons (Fsp3) is 0.269. The zero-order chi connectivity index (χ0) is 22.8. The van der Waals surface area contributed by atoms with Crippen molar-refractivity contribution < 1.29 is 23.8 Å². The summed E-state index contributed by atoms with van der Waals surface area (Å²) < 4.78 is 25.5. The van der Waals surface area contributed by atoms with Gasteiger partial charge in [-0.15, -0.1) is 0 Å². The van der Waals surface area contributed by atoms with Crippen LogP contribution in [0, 0.1) is 11.7 Å². The molecule has 0 bridgehead atoms. The van der Waals surface area contributed by atoms with Gasteiger partial charge in [-0.25, -0.2) is 4.39 Å². The molecule has 0 radical (unpaired) electrons. The van der Waals surface area contributed by atoms with Gasteiger partial charge in [-0.05, 0) is 52.9 Å². The number of carboxylic acids is 1. The predicted molar refractivity (Wildman–Crippen MR) is 122 cm³/mol. The Balaban J connectivity index is 1.55. The third kappa shape index (κ3) is 4.26. The lowest BCUT2D eigenvalue weighted by molar-refractivity contribution is -0.141. The number of aliphatic carboxylic acids is 1. The molecule has 0 spiro atoms. The van der Waals surface area contributed by atoms with E-state index in [1.165, 1.54) is 6.07 Å². The smallest absolute Gasteiger partial charge is 0.306 e. The minimum atomic E-state index is -0.815. The maximum Gasteiger partial charge on any atom is 0.306 e. The van der Waals surface area contributed by atoms with Gasteiger partial charge in [-0.2, -0.15) is 0 Å². The highest BCUT2D eigenvalue weighted by atomic mass is 19.1. The molecule has 4 rings (SSSR count). The summed E-state index contributed by atoms with van der Waals surface area (Å²) in [6.45, 7) is 4.09. The van der Waals surface area contributed by atoms with Crippen molar-refractivity contribution in [2.75, 3.05) is 19.0 Å².